The van der Waals surface area contributed by atoms with Crippen molar-refractivity contribution >= 4 is 5.91 Å². The zero-order valence-corrected chi connectivity index (χ0v) is 11.4. The van der Waals surface area contributed by atoms with Gasteiger partial charge in [-0.15, -0.1) is 0 Å². The molecule has 0 spiro atoms. The molecule has 0 radical (unpaired) electrons. The van der Waals surface area contributed by atoms with Crippen LogP contribution in [0, 0.1) is 0 Å². The molecule has 2 aliphatic rings. The third kappa shape index (κ3) is 2.15. The maximum absolute atomic E-state index is 12.3. The number of nitrogens with one attached hydrogen (secondary N) is 1. The Labute approximate surface area is 113 Å². The summed E-state index contributed by atoms with van der Waals surface area (Å²) in [5.74, 6) is 1.65. The molecule has 19 heavy (non-hydrogen) atoms. The van der Waals surface area contributed by atoms with Crippen molar-refractivity contribution in [3.63, 3.8) is 0 Å². The van der Waals surface area contributed by atoms with Crippen LogP contribution < -0.4 is 14.8 Å². The normalized spacial score (nSPS) is 19.1. The molecule has 1 fully saturated rings. The van der Waals surface area contributed by atoms with E-state index in [0.717, 1.165) is 29.9 Å². The predicted octanol–water partition coefficient (Wildman–Crippen LogP) is 2.01. The van der Waals surface area contributed by atoms with Crippen LogP contribution >= 0.6 is 0 Å². The Hall–Kier alpha value is -1.71. The van der Waals surface area contributed by atoms with Crippen LogP contribution in [-0.2, 0) is 10.2 Å². The predicted molar refractivity (Wildman–Crippen MR) is 71.6 cm³/mol. The second-order valence-corrected chi connectivity index (χ2v) is 5.57. The molecule has 1 aliphatic carbocycles. The number of ether oxygens (including phenoxy) is 2. The van der Waals surface area contributed by atoms with Crippen molar-refractivity contribution in [2.24, 2.45) is 0 Å². The van der Waals surface area contributed by atoms with Gasteiger partial charge >= 0.3 is 0 Å². The summed E-state index contributed by atoms with van der Waals surface area (Å²) in [5.41, 5.74) is 0.690. The van der Waals surface area contributed by atoms with Crippen molar-refractivity contribution in [3.05, 3.63) is 23.8 Å². The number of amides is 1. The first-order chi connectivity index (χ1) is 9.12. The maximum atomic E-state index is 12.3. The summed E-state index contributed by atoms with van der Waals surface area (Å²) < 4.78 is 11.1. The molecule has 3 rings (SSSR count). The van der Waals surface area contributed by atoms with Crippen molar-refractivity contribution in [2.75, 3.05) is 13.2 Å². The zero-order chi connectivity index (χ0) is 13.5. The van der Waals surface area contributed by atoms with Gasteiger partial charge in [0.2, 0.25) is 5.91 Å². The smallest absolute Gasteiger partial charge is 0.230 e. The molecule has 0 bridgehead atoms. The number of hydrogen-bond acceptors (Lipinski definition) is 3. The summed E-state index contributed by atoms with van der Waals surface area (Å²) in [5, 5.41) is 3.01. The van der Waals surface area contributed by atoms with E-state index >= 15 is 0 Å². The molecule has 1 aliphatic heterocycles. The Balaban J connectivity index is 1.87. The number of carbonyl (C=O) groups is 1. The van der Waals surface area contributed by atoms with Gasteiger partial charge in [-0.2, -0.15) is 0 Å². The highest BCUT2D eigenvalue weighted by molar-refractivity contribution is 5.91. The van der Waals surface area contributed by atoms with Gasteiger partial charge in [-0.25, -0.2) is 0 Å². The van der Waals surface area contributed by atoms with Crippen LogP contribution in [0.1, 0.15) is 32.3 Å². The quantitative estimate of drug-likeness (QED) is 0.905. The number of carbonyl (C=O) groups excluding carboxylic acids is 1. The minimum Gasteiger partial charge on any atom is -0.486 e. The summed E-state index contributed by atoms with van der Waals surface area (Å²) in [6.45, 7) is 5.13. The lowest BCUT2D eigenvalue weighted by Crippen LogP contribution is -2.38. The molecule has 1 amide bonds. The summed E-state index contributed by atoms with van der Waals surface area (Å²) >= 11 is 0. The highest BCUT2D eigenvalue weighted by atomic mass is 16.6. The lowest BCUT2D eigenvalue weighted by molar-refractivity contribution is -0.124. The molecule has 0 saturated heterocycles. The van der Waals surface area contributed by atoms with E-state index in [1.165, 1.54) is 0 Å². The topological polar surface area (TPSA) is 47.6 Å². The van der Waals surface area contributed by atoms with Crippen LogP contribution in [0.3, 0.4) is 0 Å². The second kappa shape index (κ2) is 4.44. The van der Waals surface area contributed by atoms with Gasteiger partial charge in [0.05, 0.1) is 5.41 Å². The number of fused-ring (bicyclic) bond motifs is 1. The van der Waals surface area contributed by atoms with Gasteiger partial charge in [0.1, 0.15) is 13.2 Å². The molecular weight excluding hydrogens is 242 g/mol. The van der Waals surface area contributed by atoms with Crippen molar-refractivity contribution in [2.45, 2.75) is 38.1 Å². The van der Waals surface area contributed by atoms with Gasteiger partial charge in [-0.05, 0) is 44.4 Å². The first kappa shape index (κ1) is 12.3. The van der Waals surface area contributed by atoms with Gasteiger partial charge in [0.25, 0.3) is 0 Å². The third-order valence-corrected chi connectivity index (χ3v) is 3.70. The van der Waals surface area contributed by atoms with Gasteiger partial charge in [-0.3, -0.25) is 4.79 Å². The molecule has 1 heterocycles. The molecule has 0 atom stereocenters. The summed E-state index contributed by atoms with van der Waals surface area (Å²) in [6, 6.07) is 6.02. The van der Waals surface area contributed by atoms with Crippen LogP contribution in [0.4, 0.5) is 0 Å². The van der Waals surface area contributed by atoms with E-state index in [1.54, 1.807) is 0 Å². The van der Waals surface area contributed by atoms with Crippen molar-refractivity contribution in [1.82, 2.24) is 5.32 Å². The highest BCUT2D eigenvalue weighted by Crippen LogP contribution is 2.50. The Morgan fingerprint density at radius 2 is 1.89 bits per heavy atom. The van der Waals surface area contributed by atoms with Crippen LogP contribution in [0.2, 0.25) is 0 Å². The first-order valence-corrected chi connectivity index (χ1v) is 6.83. The standard InChI is InChI=1S/C15H19NO3/c1-10(2)16-14(17)15(5-6-15)11-3-4-12-13(9-11)19-8-7-18-12/h3-4,9-10H,5-8H2,1-2H3,(H,16,17). The lowest BCUT2D eigenvalue weighted by atomic mass is 9.94. The molecule has 0 aromatic heterocycles. The van der Waals surface area contributed by atoms with Gasteiger partial charge in [0, 0.05) is 6.04 Å². The fraction of sp³-hybridized carbons (Fsp3) is 0.533. The minimum atomic E-state index is -0.347. The fourth-order valence-corrected chi connectivity index (χ4v) is 2.51. The molecule has 1 N–H and O–H groups in total. The van der Waals surface area contributed by atoms with E-state index in [4.69, 9.17) is 9.47 Å². The number of hydrogen-bond donors (Lipinski definition) is 1. The van der Waals surface area contributed by atoms with E-state index < -0.39 is 0 Å². The van der Waals surface area contributed by atoms with Crippen LogP contribution in [-0.4, -0.2) is 25.2 Å². The second-order valence-electron chi connectivity index (χ2n) is 5.57. The molecule has 1 saturated carbocycles. The summed E-state index contributed by atoms with van der Waals surface area (Å²) in [4.78, 5) is 12.3. The maximum Gasteiger partial charge on any atom is 0.230 e. The Morgan fingerprint density at radius 1 is 1.21 bits per heavy atom. The average molecular weight is 261 g/mol. The van der Waals surface area contributed by atoms with Crippen molar-refractivity contribution < 1.29 is 14.3 Å². The van der Waals surface area contributed by atoms with E-state index in [-0.39, 0.29) is 17.4 Å². The molecule has 0 unspecified atom stereocenters. The van der Waals surface area contributed by atoms with E-state index in [1.807, 2.05) is 32.0 Å². The molecule has 4 nitrogen and oxygen atoms in total. The van der Waals surface area contributed by atoms with Gasteiger partial charge in [-0.1, -0.05) is 6.07 Å². The minimum absolute atomic E-state index is 0.124. The fourth-order valence-electron chi connectivity index (χ4n) is 2.51. The monoisotopic (exact) mass is 261 g/mol. The van der Waals surface area contributed by atoms with E-state index in [2.05, 4.69) is 5.32 Å². The van der Waals surface area contributed by atoms with E-state index in [0.29, 0.717) is 13.2 Å². The van der Waals surface area contributed by atoms with Crippen LogP contribution in [0.5, 0.6) is 11.5 Å². The van der Waals surface area contributed by atoms with Crippen molar-refractivity contribution in [1.29, 1.82) is 0 Å². The first-order valence-electron chi connectivity index (χ1n) is 6.83. The van der Waals surface area contributed by atoms with Gasteiger partial charge < -0.3 is 14.8 Å². The lowest BCUT2D eigenvalue weighted by Gasteiger charge is -2.22. The van der Waals surface area contributed by atoms with Gasteiger partial charge in [0.15, 0.2) is 11.5 Å². The number of benzene rings is 1. The molecule has 1 aromatic rings. The average Bonchev–Trinajstić information content (AvgIpc) is 3.19. The van der Waals surface area contributed by atoms with E-state index in [9.17, 15) is 4.79 Å². The Morgan fingerprint density at radius 3 is 2.53 bits per heavy atom. The van der Waals surface area contributed by atoms with Crippen molar-refractivity contribution in [3.8, 4) is 11.5 Å². The SMILES string of the molecule is CC(C)NC(=O)C1(c2ccc3c(c2)OCCO3)CC1. The third-order valence-electron chi connectivity index (χ3n) is 3.70. The summed E-state index contributed by atoms with van der Waals surface area (Å²) in [7, 11) is 0. The largest absolute Gasteiger partial charge is 0.486 e. The van der Waals surface area contributed by atoms with Crippen LogP contribution in [0.25, 0.3) is 0 Å². The number of rotatable bonds is 3. The molecular formula is C15H19NO3. The molecule has 1 aromatic carbocycles. The van der Waals surface area contributed by atoms with Crippen LogP contribution in [0.15, 0.2) is 18.2 Å². The highest BCUT2D eigenvalue weighted by Gasteiger charge is 2.51. The summed E-state index contributed by atoms with van der Waals surface area (Å²) in [6.07, 6.45) is 1.82. The Kier molecular flexibility index (Phi) is 2.88. The molecule has 4 heteroatoms. The Bertz CT molecular complexity index is 506. The zero-order valence-electron chi connectivity index (χ0n) is 11.4. The molecule has 102 valence electrons.